The van der Waals surface area contributed by atoms with Crippen LogP contribution in [0.2, 0.25) is 0 Å². The van der Waals surface area contributed by atoms with Crippen molar-refractivity contribution in [1.29, 1.82) is 0 Å². The molecule has 1 aromatic rings. The molecule has 0 saturated carbocycles. The number of hydrogen-bond donors (Lipinski definition) is 2. The summed E-state index contributed by atoms with van der Waals surface area (Å²) in [5.41, 5.74) is 1.20. The molecule has 1 aromatic heterocycles. The van der Waals surface area contributed by atoms with Gasteiger partial charge in [-0.05, 0) is 12.8 Å². The van der Waals surface area contributed by atoms with Crippen LogP contribution in [0.1, 0.15) is 29.9 Å². The Labute approximate surface area is 89.2 Å². The Bertz CT molecular complexity index is 344. The van der Waals surface area contributed by atoms with Crippen LogP contribution in [0.4, 0.5) is 5.82 Å². The van der Waals surface area contributed by atoms with E-state index >= 15 is 0 Å². The maximum Gasteiger partial charge on any atom is 0.343 e. The Kier molecular flexibility index (Phi) is 3.71. The van der Waals surface area contributed by atoms with Gasteiger partial charge in [-0.1, -0.05) is 13.8 Å². The molecule has 84 valence electrons. The number of aromatic nitrogens is 2. The molecule has 0 aliphatic carbocycles. The van der Waals surface area contributed by atoms with Gasteiger partial charge in [-0.25, -0.2) is 4.79 Å². The van der Waals surface area contributed by atoms with E-state index in [9.17, 15) is 4.79 Å². The zero-order chi connectivity index (χ0) is 11.4. The maximum atomic E-state index is 11.4. The molecule has 5 heteroatoms. The first-order valence-corrected chi connectivity index (χ1v) is 4.93. The highest BCUT2D eigenvalue weighted by molar-refractivity contribution is 5.95. The zero-order valence-corrected chi connectivity index (χ0v) is 9.55. The van der Waals surface area contributed by atoms with Crippen LogP contribution >= 0.6 is 0 Å². The highest BCUT2D eigenvalue weighted by atomic mass is 16.5. The fraction of sp³-hybridized carbons (Fsp3) is 0.600. The number of carbonyl (C=O) groups excluding carboxylic acids is 1. The number of aryl methyl sites for hydroxylation is 1. The molecule has 0 spiro atoms. The average molecular weight is 211 g/mol. The summed E-state index contributed by atoms with van der Waals surface area (Å²) in [7, 11) is 1.36. The Hall–Kier alpha value is -1.52. The average Bonchev–Trinajstić information content (AvgIpc) is 2.55. The van der Waals surface area contributed by atoms with Gasteiger partial charge in [-0.2, -0.15) is 5.10 Å². The molecule has 0 amide bonds. The Morgan fingerprint density at radius 3 is 2.80 bits per heavy atom. The van der Waals surface area contributed by atoms with Crippen LogP contribution in [0, 0.1) is 12.8 Å². The van der Waals surface area contributed by atoms with Crippen molar-refractivity contribution in [2.45, 2.75) is 20.8 Å². The molecule has 0 atom stereocenters. The standard InChI is InChI=1S/C10H17N3O2/c1-6(2)5-11-9-8(10(14)15-4)7(3)12-13-9/h6H,5H2,1-4H3,(H2,11,12,13). The number of ether oxygens (including phenoxy) is 1. The normalized spacial score (nSPS) is 10.5. The second kappa shape index (κ2) is 4.82. The zero-order valence-electron chi connectivity index (χ0n) is 9.55. The highest BCUT2D eigenvalue weighted by Gasteiger charge is 2.18. The Morgan fingerprint density at radius 2 is 2.27 bits per heavy atom. The number of nitrogens with zero attached hydrogens (tertiary/aromatic N) is 1. The largest absolute Gasteiger partial charge is 0.465 e. The summed E-state index contributed by atoms with van der Waals surface area (Å²) in [6.07, 6.45) is 0. The van der Waals surface area contributed by atoms with Gasteiger partial charge in [0.05, 0.1) is 7.11 Å². The minimum atomic E-state index is -0.368. The van der Waals surface area contributed by atoms with E-state index < -0.39 is 0 Å². The number of carbonyl (C=O) groups is 1. The quantitative estimate of drug-likeness (QED) is 0.742. The molecule has 1 heterocycles. The minimum absolute atomic E-state index is 0.368. The SMILES string of the molecule is COC(=O)c1c(NCC(C)C)n[nH]c1C. The van der Waals surface area contributed by atoms with Crippen molar-refractivity contribution in [3.8, 4) is 0 Å². The van der Waals surface area contributed by atoms with Gasteiger partial charge in [0.2, 0.25) is 0 Å². The molecular formula is C10H17N3O2. The number of anilines is 1. The van der Waals surface area contributed by atoms with Crippen molar-refractivity contribution in [2.75, 3.05) is 19.0 Å². The molecule has 0 saturated heterocycles. The van der Waals surface area contributed by atoms with Crippen LogP contribution in [-0.2, 0) is 4.74 Å². The van der Waals surface area contributed by atoms with E-state index in [4.69, 9.17) is 0 Å². The molecule has 5 nitrogen and oxygen atoms in total. The molecule has 0 bridgehead atoms. The van der Waals surface area contributed by atoms with Crippen LogP contribution < -0.4 is 5.32 Å². The van der Waals surface area contributed by atoms with Gasteiger partial charge in [-0.15, -0.1) is 0 Å². The molecule has 0 radical (unpaired) electrons. The number of hydrogen-bond acceptors (Lipinski definition) is 4. The van der Waals surface area contributed by atoms with Gasteiger partial charge in [0.25, 0.3) is 0 Å². The molecule has 0 aliphatic rings. The number of methoxy groups -OCH3 is 1. The molecule has 1 rings (SSSR count). The third-order valence-electron chi connectivity index (χ3n) is 2.01. The van der Waals surface area contributed by atoms with Crippen molar-refractivity contribution < 1.29 is 9.53 Å². The summed E-state index contributed by atoms with van der Waals surface area (Å²) < 4.78 is 4.68. The van der Waals surface area contributed by atoms with Gasteiger partial charge < -0.3 is 10.1 Å². The first kappa shape index (κ1) is 11.6. The summed E-state index contributed by atoms with van der Waals surface area (Å²) in [5, 5.41) is 9.89. The molecule has 0 unspecified atom stereocenters. The van der Waals surface area contributed by atoms with Crippen LogP contribution in [0.25, 0.3) is 0 Å². The van der Waals surface area contributed by atoms with Crippen LogP contribution in [0.15, 0.2) is 0 Å². The Balaban J connectivity index is 2.84. The van der Waals surface area contributed by atoms with Crippen molar-refractivity contribution >= 4 is 11.8 Å². The molecule has 0 aromatic carbocycles. The van der Waals surface area contributed by atoms with E-state index in [0.717, 1.165) is 6.54 Å². The summed E-state index contributed by atoms with van der Waals surface area (Å²) in [4.78, 5) is 11.4. The molecule has 0 fully saturated rings. The third-order valence-corrected chi connectivity index (χ3v) is 2.01. The van der Waals surface area contributed by atoms with Gasteiger partial charge in [-0.3, -0.25) is 5.10 Å². The summed E-state index contributed by atoms with van der Waals surface area (Å²) in [5.74, 6) is 0.688. The fourth-order valence-electron chi connectivity index (χ4n) is 1.21. The second-order valence-corrected chi connectivity index (χ2v) is 3.84. The summed E-state index contributed by atoms with van der Waals surface area (Å²) in [6, 6.07) is 0. The van der Waals surface area contributed by atoms with E-state index in [-0.39, 0.29) is 5.97 Å². The second-order valence-electron chi connectivity index (χ2n) is 3.84. The first-order chi connectivity index (χ1) is 7.06. The molecule has 0 aliphatic heterocycles. The van der Waals surface area contributed by atoms with E-state index in [1.807, 2.05) is 0 Å². The predicted octanol–water partition coefficient (Wildman–Crippen LogP) is 1.57. The summed E-state index contributed by atoms with van der Waals surface area (Å²) in [6.45, 7) is 6.74. The molecule has 2 N–H and O–H groups in total. The lowest BCUT2D eigenvalue weighted by Crippen LogP contribution is -2.12. The third kappa shape index (κ3) is 2.71. The van der Waals surface area contributed by atoms with Crippen molar-refractivity contribution in [1.82, 2.24) is 10.2 Å². The Morgan fingerprint density at radius 1 is 1.60 bits per heavy atom. The lowest BCUT2D eigenvalue weighted by Gasteiger charge is -2.07. The van der Waals surface area contributed by atoms with Gasteiger partial charge in [0.1, 0.15) is 5.56 Å². The van der Waals surface area contributed by atoms with Crippen molar-refractivity contribution in [3.63, 3.8) is 0 Å². The van der Waals surface area contributed by atoms with Gasteiger partial charge in [0, 0.05) is 12.2 Å². The van der Waals surface area contributed by atoms with Crippen LogP contribution in [-0.4, -0.2) is 29.8 Å². The predicted molar refractivity (Wildman–Crippen MR) is 58.0 cm³/mol. The minimum Gasteiger partial charge on any atom is -0.465 e. The number of aromatic amines is 1. The monoisotopic (exact) mass is 211 g/mol. The smallest absolute Gasteiger partial charge is 0.343 e. The van der Waals surface area contributed by atoms with Crippen molar-refractivity contribution in [2.24, 2.45) is 5.92 Å². The number of esters is 1. The molecular weight excluding hydrogens is 194 g/mol. The number of nitrogens with one attached hydrogen (secondary N) is 2. The van der Waals surface area contributed by atoms with Gasteiger partial charge >= 0.3 is 5.97 Å². The first-order valence-electron chi connectivity index (χ1n) is 4.93. The van der Waals surface area contributed by atoms with Crippen molar-refractivity contribution in [3.05, 3.63) is 11.3 Å². The fourth-order valence-corrected chi connectivity index (χ4v) is 1.21. The van der Waals surface area contributed by atoms with E-state index in [1.165, 1.54) is 7.11 Å². The van der Waals surface area contributed by atoms with Crippen LogP contribution in [0.5, 0.6) is 0 Å². The molecule has 15 heavy (non-hydrogen) atoms. The lowest BCUT2D eigenvalue weighted by atomic mass is 10.2. The van der Waals surface area contributed by atoms with Crippen LogP contribution in [0.3, 0.4) is 0 Å². The van der Waals surface area contributed by atoms with E-state index in [0.29, 0.717) is 23.0 Å². The number of rotatable bonds is 4. The topological polar surface area (TPSA) is 67.0 Å². The van der Waals surface area contributed by atoms with Gasteiger partial charge in [0.15, 0.2) is 5.82 Å². The number of H-pyrrole nitrogens is 1. The van der Waals surface area contributed by atoms with E-state index in [2.05, 4.69) is 34.1 Å². The lowest BCUT2D eigenvalue weighted by molar-refractivity contribution is 0.0601. The summed E-state index contributed by atoms with van der Waals surface area (Å²) >= 11 is 0. The highest BCUT2D eigenvalue weighted by Crippen LogP contribution is 2.17. The maximum absolute atomic E-state index is 11.4. The van der Waals surface area contributed by atoms with E-state index in [1.54, 1.807) is 6.92 Å².